The lowest BCUT2D eigenvalue weighted by atomic mass is 10.3. The monoisotopic (exact) mass is 271 g/mol. The van der Waals surface area contributed by atoms with Crippen molar-refractivity contribution in [1.29, 1.82) is 0 Å². The Balaban J connectivity index is 2.05. The van der Waals surface area contributed by atoms with Gasteiger partial charge in [-0.05, 0) is 48.5 Å². The van der Waals surface area contributed by atoms with Gasteiger partial charge < -0.3 is 9.47 Å². The van der Waals surface area contributed by atoms with Crippen LogP contribution in [-0.2, 0) is 0 Å². The minimum Gasteiger partial charge on any atom is -0.497 e. The van der Waals surface area contributed by atoms with Gasteiger partial charge in [0, 0.05) is 6.92 Å². The highest BCUT2D eigenvalue weighted by Gasteiger charge is 2.03. The zero-order chi connectivity index (χ0) is 14.4. The molecule has 4 nitrogen and oxygen atoms in total. The largest absolute Gasteiger partial charge is 0.497 e. The lowest BCUT2D eigenvalue weighted by molar-refractivity contribution is -0.354. The van der Waals surface area contributed by atoms with E-state index in [2.05, 4.69) is 10.3 Å². The van der Waals surface area contributed by atoms with Gasteiger partial charge in [-0.2, -0.15) is 0 Å². The first-order valence-corrected chi connectivity index (χ1v) is 6.37. The Bertz CT molecular complexity index is 574. The van der Waals surface area contributed by atoms with Gasteiger partial charge in [0.25, 0.3) is 0 Å². The van der Waals surface area contributed by atoms with Crippen LogP contribution in [0.2, 0.25) is 0 Å². The number of nitrogens with one attached hydrogen (secondary N) is 2. The molecule has 0 atom stereocenters. The molecule has 2 aromatic rings. The van der Waals surface area contributed by atoms with Crippen molar-refractivity contribution in [2.75, 3.05) is 19.5 Å². The van der Waals surface area contributed by atoms with Crippen molar-refractivity contribution in [1.82, 2.24) is 0 Å². The molecule has 104 valence electrons. The normalized spacial score (nSPS) is 11.1. The summed E-state index contributed by atoms with van der Waals surface area (Å²) in [6, 6.07) is 15.6. The fourth-order valence-electron chi connectivity index (χ4n) is 1.81. The molecule has 2 rings (SSSR count). The van der Waals surface area contributed by atoms with Gasteiger partial charge in [0.15, 0.2) is 0 Å². The number of benzene rings is 2. The molecule has 0 fully saturated rings. The molecule has 4 heteroatoms. The maximum atomic E-state index is 5.13. The van der Waals surface area contributed by atoms with Crippen LogP contribution in [0.5, 0.6) is 11.5 Å². The smallest absolute Gasteiger partial charge is 0.249 e. The van der Waals surface area contributed by atoms with Gasteiger partial charge in [0.05, 0.1) is 14.2 Å². The van der Waals surface area contributed by atoms with Gasteiger partial charge in [-0.3, -0.25) is 0 Å². The fraction of sp³-hybridized carbons (Fsp3) is 0.188. The van der Waals surface area contributed by atoms with E-state index in [1.807, 2.05) is 55.5 Å². The highest BCUT2D eigenvalue weighted by atomic mass is 16.5. The van der Waals surface area contributed by atoms with Crippen LogP contribution < -0.4 is 19.8 Å². The van der Waals surface area contributed by atoms with Crippen LogP contribution in [0.1, 0.15) is 6.92 Å². The number of amidine groups is 1. The minimum atomic E-state index is 0.844. The van der Waals surface area contributed by atoms with Crippen LogP contribution in [0, 0.1) is 0 Å². The molecule has 0 radical (unpaired) electrons. The van der Waals surface area contributed by atoms with Crippen molar-refractivity contribution < 1.29 is 14.5 Å². The van der Waals surface area contributed by atoms with Gasteiger partial charge in [0.1, 0.15) is 22.9 Å². The van der Waals surface area contributed by atoms with Crippen LogP contribution in [0.3, 0.4) is 0 Å². The van der Waals surface area contributed by atoms with E-state index in [1.54, 1.807) is 14.2 Å². The van der Waals surface area contributed by atoms with Crippen LogP contribution in [0.4, 0.5) is 11.4 Å². The highest BCUT2D eigenvalue weighted by molar-refractivity contribution is 5.89. The summed E-state index contributed by atoms with van der Waals surface area (Å²) in [5.74, 6) is 2.63. The summed E-state index contributed by atoms with van der Waals surface area (Å²) in [6.07, 6.45) is 0. The zero-order valence-corrected chi connectivity index (χ0v) is 11.9. The summed E-state index contributed by atoms with van der Waals surface area (Å²) in [5.41, 5.74) is 2.01. The average Bonchev–Trinajstić information content (AvgIpc) is 2.49. The molecule has 0 saturated heterocycles. The summed E-state index contributed by atoms with van der Waals surface area (Å²) in [5, 5.41) is 3.29. The molecule has 2 aromatic carbocycles. The number of rotatable bonds is 4. The van der Waals surface area contributed by atoms with Gasteiger partial charge >= 0.3 is 0 Å². The predicted octanol–water partition coefficient (Wildman–Crippen LogP) is 1.95. The Hall–Kier alpha value is -2.49. The third kappa shape index (κ3) is 3.75. The van der Waals surface area contributed by atoms with Gasteiger partial charge in [0.2, 0.25) is 5.84 Å². The molecule has 0 spiro atoms. The molecule has 0 aliphatic carbocycles. The molecular formula is C16H19N2O2+. The molecule has 0 bridgehead atoms. The summed E-state index contributed by atoms with van der Waals surface area (Å²) in [7, 11) is 3.32. The topological polar surface area (TPSA) is 44.5 Å². The second-order valence-electron chi connectivity index (χ2n) is 4.33. The quantitative estimate of drug-likeness (QED) is 0.660. The summed E-state index contributed by atoms with van der Waals surface area (Å²) in [4.78, 5) is 3.29. The van der Waals surface area contributed by atoms with E-state index in [0.717, 1.165) is 28.7 Å². The van der Waals surface area contributed by atoms with Crippen molar-refractivity contribution in [2.24, 2.45) is 0 Å². The lowest BCUT2D eigenvalue weighted by Crippen LogP contribution is -2.67. The van der Waals surface area contributed by atoms with Crippen LogP contribution in [0.15, 0.2) is 48.5 Å². The summed E-state index contributed by atoms with van der Waals surface area (Å²) >= 11 is 0. The van der Waals surface area contributed by atoms with Crippen LogP contribution in [0.25, 0.3) is 0 Å². The molecule has 0 aliphatic heterocycles. The highest BCUT2D eigenvalue weighted by Crippen LogP contribution is 2.14. The second kappa shape index (κ2) is 6.61. The molecular weight excluding hydrogens is 252 g/mol. The van der Waals surface area contributed by atoms with Gasteiger partial charge in [-0.15, -0.1) is 0 Å². The molecule has 20 heavy (non-hydrogen) atoms. The number of ether oxygens (including phenoxy) is 2. The van der Waals surface area contributed by atoms with E-state index in [-0.39, 0.29) is 0 Å². The zero-order valence-electron chi connectivity index (χ0n) is 11.9. The predicted molar refractivity (Wildman–Crippen MR) is 80.9 cm³/mol. The Morgan fingerprint density at radius 3 is 1.85 bits per heavy atom. The molecule has 0 unspecified atom stereocenters. The number of hydrogen-bond donors (Lipinski definition) is 2. The third-order valence-electron chi connectivity index (χ3n) is 2.84. The van der Waals surface area contributed by atoms with E-state index in [9.17, 15) is 0 Å². The summed E-state index contributed by atoms with van der Waals surface area (Å²) < 4.78 is 10.3. The van der Waals surface area contributed by atoms with Crippen LogP contribution >= 0.6 is 0 Å². The number of methoxy groups -OCH3 is 2. The molecule has 0 saturated carbocycles. The van der Waals surface area contributed by atoms with Gasteiger partial charge in [-0.1, -0.05) is 0 Å². The Morgan fingerprint density at radius 1 is 0.850 bits per heavy atom. The first kappa shape index (κ1) is 13.9. The number of anilines is 1. The molecule has 2 N–H and O–H groups in total. The van der Waals surface area contributed by atoms with Crippen molar-refractivity contribution in [3.63, 3.8) is 0 Å². The maximum Gasteiger partial charge on any atom is 0.249 e. The van der Waals surface area contributed by atoms with Crippen molar-refractivity contribution in [3.8, 4) is 11.5 Å². The van der Waals surface area contributed by atoms with E-state index < -0.39 is 0 Å². The van der Waals surface area contributed by atoms with Crippen molar-refractivity contribution >= 4 is 17.2 Å². The Labute approximate surface area is 119 Å². The van der Waals surface area contributed by atoms with Crippen molar-refractivity contribution in [2.45, 2.75) is 6.92 Å². The summed E-state index contributed by atoms with van der Waals surface area (Å²) in [6.45, 7) is 1.98. The second-order valence-corrected chi connectivity index (χ2v) is 4.33. The van der Waals surface area contributed by atoms with E-state index >= 15 is 0 Å². The van der Waals surface area contributed by atoms with Crippen molar-refractivity contribution in [3.05, 3.63) is 48.5 Å². The Kier molecular flexibility index (Phi) is 4.60. The van der Waals surface area contributed by atoms with E-state index in [0.29, 0.717) is 0 Å². The number of hydrogen-bond acceptors (Lipinski definition) is 2. The lowest BCUT2D eigenvalue weighted by Gasteiger charge is -2.02. The van der Waals surface area contributed by atoms with Crippen LogP contribution in [-0.4, -0.2) is 20.1 Å². The molecule has 0 amide bonds. The average molecular weight is 271 g/mol. The Morgan fingerprint density at radius 2 is 1.35 bits per heavy atom. The molecule has 0 heterocycles. The van der Waals surface area contributed by atoms with Gasteiger partial charge in [-0.25, -0.2) is 10.3 Å². The molecule has 0 aromatic heterocycles. The van der Waals surface area contributed by atoms with E-state index in [1.165, 1.54) is 0 Å². The van der Waals surface area contributed by atoms with E-state index in [4.69, 9.17) is 9.47 Å². The third-order valence-corrected chi connectivity index (χ3v) is 2.84. The SMILES string of the molecule is COc1ccc(NC(C)=[NH+]c2ccc(OC)cc2)cc1. The maximum absolute atomic E-state index is 5.13. The first-order chi connectivity index (χ1) is 9.71. The first-order valence-electron chi connectivity index (χ1n) is 6.37. The minimum absolute atomic E-state index is 0.844. The molecule has 0 aliphatic rings. The standard InChI is InChI=1S/C16H18N2O2/c1-12(17-13-4-8-15(19-2)9-5-13)18-14-6-10-16(20-3)11-7-14/h4-11H,1-3H3,(H,17,18)/p+1. The fourth-order valence-corrected chi connectivity index (χ4v) is 1.81.